The lowest BCUT2D eigenvalue weighted by Crippen LogP contribution is -2.43. The first-order valence-electron chi connectivity index (χ1n) is 8.64. The number of nitrogen functional groups attached to an aromatic ring is 1. The number of anilines is 2. The molecule has 1 saturated heterocycles. The quantitative estimate of drug-likeness (QED) is 0.748. The first-order chi connectivity index (χ1) is 11.5. The molecule has 0 bridgehead atoms. The van der Waals surface area contributed by atoms with Gasteiger partial charge in [0, 0.05) is 26.2 Å². The van der Waals surface area contributed by atoms with Crippen molar-refractivity contribution in [3.8, 4) is 0 Å². The Morgan fingerprint density at radius 3 is 2.50 bits per heavy atom. The number of likely N-dealkylation sites (tertiary alicyclic amines) is 1. The fourth-order valence-electron chi connectivity index (χ4n) is 3.00. The van der Waals surface area contributed by atoms with Crippen molar-refractivity contribution in [3.05, 3.63) is 20.8 Å². The summed E-state index contributed by atoms with van der Waals surface area (Å²) in [6, 6.07) is 0. The van der Waals surface area contributed by atoms with Crippen molar-refractivity contribution in [1.29, 1.82) is 0 Å². The van der Waals surface area contributed by atoms with Crippen LogP contribution in [0.1, 0.15) is 39.5 Å². The fraction of sp³-hybridized carbons (Fsp3) is 0.688. The largest absolute Gasteiger partial charge is 0.383 e. The summed E-state index contributed by atoms with van der Waals surface area (Å²) >= 11 is 0. The Hall–Kier alpha value is -2.25. The molecule has 0 aliphatic carbocycles. The van der Waals surface area contributed by atoms with E-state index in [1.165, 1.54) is 4.57 Å². The maximum atomic E-state index is 12.4. The van der Waals surface area contributed by atoms with Gasteiger partial charge in [0.05, 0.1) is 6.54 Å². The maximum Gasteiger partial charge on any atom is 0.330 e. The van der Waals surface area contributed by atoms with Crippen molar-refractivity contribution in [3.63, 3.8) is 0 Å². The number of carbonyl (C=O) groups excluding carboxylic acids is 1. The number of nitrogens with two attached hydrogens (primary N) is 1. The molecule has 8 heteroatoms. The second kappa shape index (κ2) is 8.03. The van der Waals surface area contributed by atoms with Gasteiger partial charge in [-0.25, -0.2) is 4.79 Å². The van der Waals surface area contributed by atoms with E-state index in [2.05, 4.69) is 4.98 Å². The molecule has 0 radical (unpaired) electrons. The molecule has 1 aromatic rings. The molecule has 1 amide bonds. The van der Waals surface area contributed by atoms with Crippen LogP contribution in [0.2, 0.25) is 0 Å². The molecule has 8 nitrogen and oxygen atoms in total. The summed E-state index contributed by atoms with van der Waals surface area (Å²) in [5.41, 5.74) is 5.27. The van der Waals surface area contributed by atoms with Gasteiger partial charge in [-0.3, -0.25) is 19.1 Å². The normalized spacial score (nSPS) is 14.2. The zero-order valence-corrected chi connectivity index (χ0v) is 14.5. The molecule has 0 saturated carbocycles. The van der Waals surface area contributed by atoms with E-state index in [1.54, 1.807) is 9.80 Å². The fourth-order valence-corrected chi connectivity index (χ4v) is 3.00. The van der Waals surface area contributed by atoms with Gasteiger partial charge in [-0.1, -0.05) is 13.3 Å². The molecule has 1 aromatic heterocycles. The van der Waals surface area contributed by atoms with Crippen LogP contribution >= 0.6 is 0 Å². The number of hydrogen-bond acceptors (Lipinski definition) is 5. The third-order valence-corrected chi connectivity index (χ3v) is 4.43. The molecule has 3 N–H and O–H groups in total. The van der Waals surface area contributed by atoms with Gasteiger partial charge in [0.1, 0.15) is 11.5 Å². The lowest BCUT2D eigenvalue weighted by atomic mass is 10.3. The van der Waals surface area contributed by atoms with Gasteiger partial charge in [-0.15, -0.1) is 0 Å². The molecule has 0 unspecified atom stereocenters. The number of amides is 1. The highest BCUT2D eigenvalue weighted by Gasteiger charge is 2.23. The van der Waals surface area contributed by atoms with Crippen LogP contribution in [-0.4, -0.2) is 46.5 Å². The zero-order valence-electron chi connectivity index (χ0n) is 14.5. The second-order valence-corrected chi connectivity index (χ2v) is 6.10. The van der Waals surface area contributed by atoms with Crippen LogP contribution in [0.25, 0.3) is 0 Å². The number of aromatic nitrogens is 2. The number of unbranched alkanes of at least 4 members (excludes halogenated alkanes) is 1. The minimum atomic E-state index is -0.540. The number of carbonyl (C=O) groups is 1. The van der Waals surface area contributed by atoms with Gasteiger partial charge in [0.25, 0.3) is 5.56 Å². The van der Waals surface area contributed by atoms with Crippen molar-refractivity contribution in [2.45, 2.75) is 46.1 Å². The predicted molar refractivity (Wildman–Crippen MR) is 94.3 cm³/mol. The Balaban J connectivity index is 2.31. The molecule has 1 fully saturated rings. The lowest BCUT2D eigenvalue weighted by Gasteiger charge is -2.26. The smallest absolute Gasteiger partial charge is 0.330 e. The van der Waals surface area contributed by atoms with Crippen LogP contribution in [0.4, 0.5) is 11.5 Å². The molecule has 0 atom stereocenters. The molecular weight excluding hydrogens is 310 g/mol. The van der Waals surface area contributed by atoms with Gasteiger partial charge in [-0.05, 0) is 26.2 Å². The predicted octanol–water partition coefficient (Wildman–Crippen LogP) is 0.368. The molecule has 1 aliphatic rings. The molecule has 24 heavy (non-hydrogen) atoms. The van der Waals surface area contributed by atoms with Gasteiger partial charge in [0.15, 0.2) is 0 Å². The average molecular weight is 337 g/mol. The van der Waals surface area contributed by atoms with Crippen molar-refractivity contribution in [2.75, 3.05) is 36.8 Å². The standard InChI is InChI=1S/C16H27N5O3/c1-3-5-10-21-14(17)13(15(23)18-16(21)24)19(4-2)11-12(22)20-8-6-7-9-20/h3-11,17H2,1-2H3,(H,18,23,24). The number of nitrogens with one attached hydrogen (secondary N) is 1. The number of rotatable bonds is 7. The Morgan fingerprint density at radius 1 is 1.25 bits per heavy atom. The topological polar surface area (TPSA) is 104 Å². The van der Waals surface area contributed by atoms with Gasteiger partial charge >= 0.3 is 5.69 Å². The van der Waals surface area contributed by atoms with Crippen molar-refractivity contribution >= 4 is 17.4 Å². The summed E-state index contributed by atoms with van der Waals surface area (Å²) in [6.07, 6.45) is 3.73. The summed E-state index contributed by atoms with van der Waals surface area (Å²) in [5.74, 6) is 0.118. The number of nitrogens with zero attached hydrogens (tertiary/aromatic N) is 3. The van der Waals surface area contributed by atoms with Crippen molar-refractivity contribution in [2.24, 2.45) is 0 Å². The number of hydrogen-bond donors (Lipinski definition) is 2. The third-order valence-electron chi connectivity index (χ3n) is 4.43. The van der Waals surface area contributed by atoms with E-state index in [9.17, 15) is 14.4 Å². The SMILES string of the molecule is CCCCn1c(N)c(N(CC)CC(=O)N2CCCC2)c(=O)[nH]c1=O. The monoisotopic (exact) mass is 337 g/mol. The van der Waals surface area contributed by atoms with E-state index >= 15 is 0 Å². The van der Waals surface area contributed by atoms with E-state index in [0.29, 0.717) is 13.1 Å². The van der Waals surface area contributed by atoms with Crippen molar-refractivity contribution in [1.82, 2.24) is 14.5 Å². The first-order valence-corrected chi connectivity index (χ1v) is 8.64. The van der Waals surface area contributed by atoms with Crippen LogP contribution in [-0.2, 0) is 11.3 Å². The highest BCUT2D eigenvalue weighted by molar-refractivity contribution is 5.82. The van der Waals surface area contributed by atoms with Crippen molar-refractivity contribution < 1.29 is 4.79 Å². The lowest BCUT2D eigenvalue weighted by molar-refractivity contribution is -0.128. The Bertz CT molecular complexity index is 688. The molecule has 0 aromatic carbocycles. The highest BCUT2D eigenvalue weighted by Crippen LogP contribution is 2.17. The Kier molecular flexibility index (Phi) is 6.05. The molecular formula is C16H27N5O3. The molecule has 1 aliphatic heterocycles. The maximum absolute atomic E-state index is 12.4. The molecule has 0 spiro atoms. The number of aromatic amines is 1. The van der Waals surface area contributed by atoms with E-state index in [0.717, 1.165) is 38.8 Å². The summed E-state index contributed by atoms with van der Waals surface area (Å²) in [4.78, 5) is 42.4. The van der Waals surface area contributed by atoms with Gasteiger partial charge in [-0.2, -0.15) is 0 Å². The minimum Gasteiger partial charge on any atom is -0.383 e. The highest BCUT2D eigenvalue weighted by atomic mass is 16.2. The average Bonchev–Trinajstić information content (AvgIpc) is 3.07. The second-order valence-electron chi connectivity index (χ2n) is 6.10. The third kappa shape index (κ3) is 3.80. The van der Waals surface area contributed by atoms with Crippen LogP contribution in [0.5, 0.6) is 0 Å². The summed E-state index contributed by atoms with van der Waals surface area (Å²) < 4.78 is 1.38. The summed E-state index contributed by atoms with van der Waals surface area (Å²) in [6.45, 7) is 6.39. The van der Waals surface area contributed by atoms with E-state index < -0.39 is 11.2 Å². The number of likely N-dealkylation sites (N-methyl/N-ethyl adjacent to an activating group) is 1. The van der Waals surface area contributed by atoms with Gasteiger partial charge in [0.2, 0.25) is 5.91 Å². The van der Waals surface area contributed by atoms with E-state index in [-0.39, 0.29) is 24.0 Å². The van der Waals surface area contributed by atoms with E-state index in [1.807, 2.05) is 13.8 Å². The van der Waals surface area contributed by atoms with Gasteiger partial charge < -0.3 is 15.5 Å². The molecule has 2 rings (SSSR count). The summed E-state index contributed by atoms with van der Waals surface area (Å²) in [7, 11) is 0. The zero-order chi connectivity index (χ0) is 17.7. The first kappa shape index (κ1) is 18.1. The Morgan fingerprint density at radius 2 is 1.92 bits per heavy atom. The van der Waals surface area contributed by atoms with Crippen LogP contribution in [0, 0.1) is 0 Å². The van der Waals surface area contributed by atoms with E-state index in [4.69, 9.17) is 5.73 Å². The molecule has 134 valence electrons. The number of H-pyrrole nitrogens is 1. The molecule has 2 heterocycles. The van der Waals surface area contributed by atoms with Crippen LogP contribution in [0.3, 0.4) is 0 Å². The minimum absolute atomic E-state index is 0.0144. The van der Waals surface area contributed by atoms with Crippen LogP contribution in [0.15, 0.2) is 9.59 Å². The summed E-state index contributed by atoms with van der Waals surface area (Å²) in [5, 5.41) is 0. The Labute approximate surface area is 141 Å². The van der Waals surface area contributed by atoms with Crippen LogP contribution < -0.4 is 21.9 Å².